The van der Waals surface area contributed by atoms with Crippen molar-refractivity contribution in [1.82, 2.24) is 4.90 Å². The van der Waals surface area contributed by atoms with Crippen LogP contribution in [0.25, 0.3) is 0 Å². The predicted octanol–water partition coefficient (Wildman–Crippen LogP) is 3.50. The number of nitrogens with zero attached hydrogens (tertiary/aromatic N) is 1. The fraction of sp³-hybridized carbons (Fsp3) is 0.579. The summed E-state index contributed by atoms with van der Waals surface area (Å²) in [6.45, 7) is 3.44. The van der Waals surface area contributed by atoms with Crippen LogP contribution >= 0.6 is 0 Å². The molecule has 2 fully saturated rings. The van der Waals surface area contributed by atoms with E-state index in [2.05, 4.69) is 5.32 Å². The molecule has 130 valence electrons. The van der Waals surface area contributed by atoms with Crippen LogP contribution in [0.2, 0.25) is 0 Å². The highest BCUT2D eigenvalue weighted by Gasteiger charge is 2.29. The standard InChI is InChI=1S/C19H25FN2O2/c1-13-10-16(20)5-6-17(13)21-18(23)11-14-4-7-19(24)22(9-8-14)12-15-2-3-15/h5-6,10,14-15H,2-4,7-9,11-12H2,1H3,(H,21,23). The summed E-state index contributed by atoms with van der Waals surface area (Å²) in [7, 11) is 0. The van der Waals surface area contributed by atoms with Crippen molar-refractivity contribution < 1.29 is 14.0 Å². The number of carbonyl (C=O) groups excluding carboxylic acids is 2. The zero-order valence-corrected chi connectivity index (χ0v) is 14.2. The zero-order chi connectivity index (χ0) is 17.1. The summed E-state index contributed by atoms with van der Waals surface area (Å²) in [5.41, 5.74) is 1.37. The molecule has 1 aromatic carbocycles. The van der Waals surface area contributed by atoms with Crippen molar-refractivity contribution >= 4 is 17.5 Å². The summed E-state index contributed by atoms with van der Waals surface area (Å²) in [5, 5.41) is 2.87. The lowest BCUT2D eigenvalue weighted by Crippen LogP contribution is -2.32. The highest BCUT2D eigenvalue weighted by Crippen LogP contribution is 2.31. The molecule has 5 heteroatoms. The summed E-state index contributed by atoms with van der Waals surface area (Å²) >= 11 is 0. The lowest BCUT2D eigenvalue weighted by molar-refractivity contribution is -0.131. The molecule has 1 atom stereocenters. The number of amides is 2. The van der Waals surface area contributed by atoms with Gasteiger partial charge in [0.15, 0.2) is 0 Å². The molecule has 1 N–H and O–H groups in total. The van der Waals surface area contributed by atoms with E-state index in [1.54, 1.807) is 13.0 Å². The minimum absolute atomic E-state index is 0.0576. The van der Waals surface area contributed by atoms with Crippen molar-refractivity contribution in [2.45, 2.75) is 45.4 Å². The molecule has 0 bridgehead atoms. The van der Waals surface area contributed by atoms with Crippen LogP contribution in [0, 0.1) is 24.6 Å². The van der Waals surface area contributed by atoms with Gasteiger partial charge in [-0.2, -0.15) is 0 Å². The number of anilines is 1. The number of aryl methyl sites for hydroxylation is 1. The van der Waals surface area contributed by atoms with Crippen molar-refractivity contribution in [2.24, 2.45) is 11.8 Å². The fourth-order valence-corrected chi connectivity index (χ4v) is 3.33. The number of rotatable bonds is 5. The number of benzene rings is 1. The van der Waals surface area contributed by atoms with Crippen LogP contribution in [0.5, 0.6) is 0 Å². The summed E-state index contributed by atoms with van der Waals surface area (Å²) in [4.78, 5) is 26.4. The monoisotopic (exact) mass is 332 g/mol. The van der Waals surface area contributed by atoms with Gasteiger partial charge in [-0.05, 0) is 68.2 Å². The van der Waals surface area contributed by atoms with Gasteiger partial charge in [0, 0.05) is 31.6 Å². The zero-order valence-electron chi connectivity index (χ0n) is 14.2. The molecular formula is C19H25FN2O2. The third-order valence-electron chi connectivity index (χ3n) is 5.04. The average Bonchev–Trinajstić information content (AvgIpc) is 3.35. The van der Waals surface area contributed by atoms with E-state index in [1.807, 2.05) is 4.90 Å². The maximum absolute atomic E-state index is 13.1. The molecule has 2 aliphatic rings. The third-order valence-corrected chi connectivity index (χ3v) is 5.04. The molecule has 24 heavy (non-hydrogen) atoms. The molecule has 1 saturated carbocycles. The Morgan fingerprint density at radius 2 is 2.04 bits per heavy atom. The maximum atomic E-state index is 13.1. The second-order valence-electron chi connectivity index (χ2n) is 7.19. The smallest absolute Gasteiger partial charge is 0.224 e. The van der Waals surface area contributed by atoms with Gasteiger partial charge in [0.05, 0.1) is 0 Å². The van der Waals surface area contributed by atoms with Gasteiger partial charge in [-0.15, -0.1) is 0 Å². The first-order valence-electron chi connectivity index (χ1n) is 8.85. The molecule has 0 radical (unpaired) electrons. The van der Waals surface area contributed by atoms with Crippen molar-refractivity contribution in [2.75, 3.05) is 18.4 Å². The van der Waals surface area contributed by atoms with Crippen LogP contribution in [-0.4, -0.2) is 29.8 Å². The van der Waals surface area contributed by atoms with Gasteiger partial charge >= 0.3 is 0 Å². The van der Waals surface area contributed by atoms with Crippen LogP contribution in [-0.2, 0) is 9.59 Å². The van der Waals surface area contributed by atoms with Gasteiger partial charge in [-0.3, -0.25) is 9.59 Å². The molecule has 1 unspecified atom stereocenters. The first-order valence-corrected chi connectivity index (χ1v) is 8.85. The van der Waals surface area contributed by atoms with Gasteiger partial charge in [0.2, 0.25) is 11.8 Å². The number of hydrogen-bond acceptors (Lipinski definition) is 2. The normalized spacial score (nSPS) is 21.5. The lowest BCUT2D eigenvalue weighted by atomic mass is 9.96. The summed E-state index contributed by atoms with van der Waals surface area (Å²) in [6.07, 6.45) is 5.10. The Bertz CT molecular complexity index is 628. The number of likely N-dealkylation sites (tertiary alicyclic amines) is 1. The van der Waals surface area contributed by atoms with Gasteiger partial charge < -0.3 is 10.2 Å². The van der Waals surface area contributed by atoms with Crippen molar-refractivity contribution in [3.63, 3.8) is 0 Å². The molecule has 4 nitrogen and oxygen atoms in total. The van der Waals surface area contributed by atoms with E-state index in [-0.39, 0.29) is 23.5 Å². The number of nitrogens with one attached hydrogen (secondary N) is 1. The maximum Gasteiger partial charge on any atom is 0.224 e. The first kappa shape index (κ1) is 16.9. The molecule has 1 aromatic rings. The van der Waals surface area contributed by atoms with Crippen LogP contribution in [0.15, 0.2) is 18.2 Å². The molecule has 1 aliphatic heterocycles. The largest absolute Gasteiger partial charge is 0.342 e. The third kappa shape index (κ3) is 4.56. The van der Waals surface area contributed by atoms with E-state index >= 15 is 0 Å². The minimum atomic E-state index is -0.302. The minimum Gasteiger partial charge on any atom is -0.342 e. The lowest BCUT2D eigenvalue weighted by Gasteiger charge is -2.20. The van der Waals surface area contributed by atoms with Crippen LogP contribution < -0.4 is 5.32 Å². The van der Waals surface area contributed by atoms with Gasteiger partial charge in [0.1, 0.15) is 5.82 Å². The molecule has 1 aliphatic carbocycles. The molecule has 1 saturated heterocycles. The second kappa shape index (κ2) is 7.32. The quantitative estimate of drug-likeness (QED) is 0.897. The van der Waals surface area contributed by atoms with Crippen LogP contribution in [0.4, 0.5) is 10.1 Å². The van der Waals surface area contributed by atoms with Crippen molar-refractivity contribution in [1.29, 1.82) is 0 Å². The van der Waals surface area contributed by atoms with E-state index in [1.165, 1.54) is 25.0 Å². The molecule has 0 spiro atoms. The SMILES string of the molecule is Cc1cc(F)ccc1NC(=O)CC1CCC(=O)N(CC2CC2)CC1. The molecule has 1 heterocycles. The topological polar surface area (TPSA) is 49.4 Å². The van der Waals surface area contributed by atoms with Crippen molar-refractivity contribution in [3.8, 4) is 0 Å². The molecule has 3 rings (SSSR count). The van der Waals surface area contributed by atoms with Gasteiger partial charge in [0.25, 0.3) is 0 Å². The Morgan fingerprint density at radius 1 is 1.25 bits per heavy atom. The molecule has 0 aromatic heterocycles. The number of halogens is 1. The van der Waals surface area contributed by atoms with Gasteiger partial charge in [-0.25, -0.2) is 4.39 Å². The molecule has 2 amide bonds. The Kier molecular flexibility index (Phi) is 5.17. The van der Waals surface area contributed by atoms with Crippen LogP contribution in [0.3, 0.4) is 0 Å². The highest BCUT2D eigenvalue weighted by molar-refractivity contribution is 5.91. The second-order valence-corrected chi connectivity index (χ2v) is 7.19. The van der Waals surface area contributed by atoms with Crippen LogP contribution in [0.1, 0.15) is 44.1 Å². The van der Waals surface area contributed by atoms with E-state index in [0.29, 0.717) is 24.4 Å². The summed E-state index contributed by atoms with van der Waals surface area (Å²) in [5.74, 6) is 0.815. The Balaban J connectivity index is 1.51. The van der Waals surface area contributed by atoms with E-state index in [0.717, 1.165) is 31.5 Å². The number of carbonyl (C=O) groups is 2. The Morgan fingerprint density at radius 3 is 2.75 bits per heavy atom. The summed E-state index contributed by atoms with van der Waals surface area (Å²) < 4.78 is 13.1. The summed E-state index contributed by atoms with van der Waals surface area (Å²) in [6, 6.07) is 4.36. The molecular weight excluding hydrogens is 307 g/mol. The Hall–Kier alpha value is -1.91. The fourth-order valence-electron chi connectivity index (χ4n) is 3.33. The predicted molar refractivity (Wildman–Crippen MR) is 91.0 cm³/mol. The van der Waals surface area contributed by atoms with E-state index < -0.39 is 0 Å². The average molecular weight is 332 g/mol. The van der Waals surface area contributed by atoms with Crippen molar-refractivity contribution in [3.05, 3.63) is 29.6 Å². The van der Waals surface area contributed by atoms with E-state index in [4.69, 9.17) is 0 Å². The Labute approximate surface area is 142 Å². The first-order chi connectivity index (χ1) is 11.5. The van der Waals surface area contributed by atoms with Gasteiger partial charge in [-0.1, -0.05) is 0 Å². The number of hydrogen-bond donors (Lipinski definition) is 1. The van der Waals surface area contributed by atoms with E-state index in [9.17, 15) is 14.0 Å². The highest BCUT2D eigenvalue weighted by atomic mass is 19.1.